The van der Waals surface area contributed by atoms with Crippen molar-refractivity contribution in [2.45, 2.75) is 0 Å². The van der Waals surface area contributed by atoms with Gasteiger partial charge in [-0.25, -0.2) is 0 Å². The highest BCUT2D eigenvalue weighted by atomic mass is 16.2. The second-order valence-corrected chi connectivity index (χ2v) is 5.22. The van der Waals surface area contributed by atoms with Crippen LogP contribution < -0.4 is 10.9 Å². The number of hydrazine groups is 1. The lowest BCUT2D eigenvalue weighted by Gasteiger charge is -2.02. The fraction of sp³-hybridized carbons (Fsp3) is 0. The fourth-order valence-electron chi connectivity index (χ4n) is 2.16. The first kappa shape index (κ1) is 16.2. The number of rotatable bonds is 4. The molecule has 3 N–H and O–H groups in total. The maximum Gasteiger partial charge on any atom is 0.287 e. The van der Waals surface area contributed by atoms with E-state index in [1.165, 1.54) is 6.08 Å². The summed E-state index contributed by atoms with van der Waals surface area (Å²) >= 11 is 0. The number of carbonyl (C=O) groups is 2. The number of aromatic nitrogens is 2. The quantitative estimate of drug-likeness (QED) is 0.507. The van der Waals surface area contributed by atoms with Crippen molar-refractivity contribution in [3.63, 3.8) is 0 Å². The Kier molecular flexibility index (Phi) is 5.01. The molecule has 25 heavy (non-hydrogen) atoms. The van der Waals surface area contributed by atoms with Crippen LogP contribution in [0.3, 0.4) is 0 Å². The summed E-state index contributed by atoms with van der Waals surface area (Å²) in [6.07, 6.45) is 3.00. The van der Waals surface area contributed by atoms with Gasteiger partial charge in [0.25, 0.3) is 11.8 Å². The van der Waals surface area contributed by atoms with Crippen molar-refractivity contribution in [3.05, 3.63) is 84.1 Å². The fourth-order valence-corrected chi connectivity index (χ4v) is 2.16. The van der Waals surface area contributed by atoms with Crippen LogP contribution in [0.4, 0.5) is 0 Å². The zero-order chi connectivity index (χ0) is 17.5. The van der Waals surface area contributed by atoms with Crippen LogP contribution in [0, 0.1) is 0 Å². The summed E-state index contributed by atoms with van der Waals surface area (Å²) in [6, 6.07) is 20.5. The lowest BCUT2D eigenvalue weighted by atomic mass is 10.1. The summed E-state index contributed by atoms with van der Waals surface area (Å²) in [6.45, 7) is 0. The molecule has 0 atom stereocenters. The van der Waals surface area contributed by atoms with Crippen molar-refractivity contribution < 1.29 is 9.59 Å². The molecule has 0 bridgehead atoms. The molecule has 0 spiro atoms. The van der Waals surface area contributed by atoms with Crippen LogP contribution in [0.5, 0.6) is 0 Å². The Balaban J connectivity index is 1.55. The second-order valence-electron chi connectivity index (χ2n) is 5.22. The van der Waals surface area contributed by atoms with Crippen molar-refractivity contribution in [2.24, 2.45) is 0 Å². The SMILES string of the molecule is O=C(/C=C/c1ccccc1)NNC(=O)c1cc(-c2ccccc2)n[nH]1. The van der Waals surface area contributed by atoms with E-state index in [0.717, 1.165) is 11.1 Å². The van der Waals surface area contributed by atoms with Crippen LogP contribution in [0.2, 0.25) is 0 Å². The van der Waals surface area contributed by atoms with Crippen LogP contribution in [-0.2, 0) is 4.79 Å². The molecule has 0 aliphatic carbocycles. The minimum absolute atomic E-state index is 0.256. The average molecular weight is 332 g/mol. The number of nitrogens with one attached hydrogen (secondary N) is 3. The van der Waals surface area contributed by atoms with Gasteiger partial charge in [0.1, 0.15) is 5.69 Å². The molecule has 0 saturated heterocycles. The third-order valence-electron chi connectivity index (χ3n) is 3.42. The van der Waals surface area contributed by atoms with Gasteiger partial charge in [0.05, 0.1) is 5.69 Å². The minimum Gasteiger partial charge on any atom is -0.272 e. The number of carbonyl (C=O) groups excluding carboxylic acids is 2. The van der Waals surface area contributed by atoms with Crippen LogP contribution in [0.15, 0.2) is 72.8 Å². The number of hydrogen-bond donors (Lipinski definition) is 3. The molecule has 2 aromatic carbocycles. The highest BCUT2D eigenvalue weighted by Gasteiger charge is 2.11. The van der Waals surface area contributed by atoms with Gasteiger partial charge in [-0.2, -0.15) is 5.10 Å². The van der Waals surface area contributed by atoms with E-state index in [2.05, 4.69) is 21.0 Å². The zero-order valence-corrected chi connectivity index (χ0v) is 13.3. The lowest BCUT2D eigenvalue weighted by Crippen LogP contribution is -2.40. The lowest BCUT2D eigenvalue weighted by molar-refractivity contribution is -0.117. The monoisotopic (exact) mass is 332 g/mol. The largest absolute Gasteiger partial charge is 0.287 e. The summed E-state index contributed by atoms with van der Waals surface area (Å²) < 4.78 is 0. The predicted octanol–water partition coefficient (Wildman–Crippen LogP) is 2.55. The summed E-state index contributed by atoms with van der Waals surface area (Å²) in [4.78, 5) is 23.8. The number of hydrogen-bond acceptors (Lipinski definition) is 3. The van der Waals surface area contributed by atoms with Crippen molar-refractivity contribution >= 4 is 17.9 Å². The number of H-pyrrole nitrogens is 1. The van der Waals surface area contributed by atoms with E-state index >= 15 is 0 Å². The maximum atomic E-state index is 12.0. The van der Waals surface area contributed by atoms with Gasteiger partial charge < -0.3 is 0 Å². The average Bonchev–Trinajstić information content (AvgIpc) is 3.16. The van der Waals surface area contributed by atoms with Gasteiger partial charge in [0.15, 0.2) is 0 Å². The third-order valence-corrected chi connectivity index (χ3v) is 3.42. The summed E-state index contributed by atoms with van der Waals surface area (Å²) in [5.74, 6) is -0.906. The molecule has 0 aliphatic heterocycles. The van der Waals surface area contributed by atoms with Crippen molar-refractivity contribution in [3.8, 4) is 11.3 Å². The maximum absolute atomic E-state index is 12.0. The van der Waals surface area contributed by atoms with Crippen LogP contribution in [-0.4, -0.2) is 22.0 Å². The minimum atomic E-state index is -0.476. The molecule has 6 nitrogen and oxygen atoms in total. The zero-order valence-electron chi connectivity index (χ0n) is 13.3. The van der Waals surface area contributed by atoms with E-state index in [-0.39, 0.29) is 5.69 Å². The Morgan fingerprint density at radius 2 is 1.60 bits per heavy atom. The first-order valence-electron chi connectivity index (χ1n) is 7.66. The standard InChI is InChI=1S/C19H16N4O2/c24-18(12-11-14-7-3-1-4-8-14)22-23-19(25)17-13-16(20-21-17)15-9-5-2-6-10-15/h1-13H,(H,20,21)(H,22,24)(H,23,25)/b12-11+. The Bertz CT molecular complexity index is 886. The van der Waals surface area contributed by atoms with Gasteiger partial charge in [-0.15, -0.1) is 0 Å². The molecule has 0 unspecified atom stereocenters. The molecule has 0 fully saturated rings. The first-order valence-corrected chi connectivity index (χ1v) is 7.66. The van der Waals surface area contributed by atoms with E-state index in [1.54, 1.807) is 12.1 Å². The Labute approximate surface area is 144 Å². The summed E-state index contributed by atoms with van der Waals surface area (Å²) in [7, 11) is 0. The Morgan fingerprint density at radius 1 is 0.920 bits per heavy atom. The van der Waals surface area contributed by atoms with Gasteiger partial charge in [-0.3, -0.25) is 25.5 Å². The van der Waals surface area contributed by atoms with Gasteiger partial charge in [0, 0.05) is 11.6 Å². The van der Waals surface area contributed by atoms with Gasteiger partial charge in [0.2, 0.25) is 0 Å². The molecule has 1 aromatic heterocycles. The molecular weight excluding hydrogens is 316 g/mol. The van der Waals surface area contributed by atoms with Gasteiger partial charge in [-0.1, -0.05) is 60.7 Å². The molecule has 3 aromatic rings. The van der Waals surface area contributed by atoms with Crippen LogP contribution >= 0.6 is 0 Å². The molecule has 2 amide bonds. The number of nitrogens with zero attached hydrogens (tertiary/aromatic N) is 1. The van der Waals surface area contributed by atoms with Crippen LogP contribution in [0.25, 0.3) is 17.3 Å². The molecule has 124 valence electrons. The normalized spacial score (nSPS) is 10.6. The summed E-state index contributed by atoms with van der Waals surface area (Å²) in [5.41, 5.74) is 7.36. The van der Waals surface area contributed by atoms with Crippen LogP contribution in [0.1, 0.15) is 16.1 Å². The smallest absolute Gasteiger partial charge is 0.272 e. The predicted molar refractivity (Wildman–Crippen MR) is 95.1 cm³/mol. The van der Waals surface area contributed by atoms with Crippen molar-refractivity contribution in [1.29, 1.82) is 0 Å². The van der Waals surface area contributed by atoms with E-state index < -0.39 is 11.8 Å². The van der Waals surface area contributed by atoms with Crippen molar-refractivity contribution in [2.75, 3.05) is 0 Å². The topological polar surface area (TPSA) is 86.9 Å². The third kappa shape index (κ3) is 4.42. The second kappa shape index (κ2) is 7.74. The summed E-state index contributed by atoms with van der Waals surface area (Å²) in [5, 5.41) is 6.75. The molecule has 3 rings (SSSR count). The highest BCUT2D eigenvalue weighted by molar-refractivity contribution is 5.97. The molecule has 1 heterocycles. The molecule has 0 saturated carbocycles. The van der Waals surface area contributed by atoms with E-state index in [4.69, 9.17) is 0 Å². The Hall–Kier alpha value is -3.67. The van der Waals surface area contributed by atoms with Gasteiger partial charge in [-0.05, 0) is 17.7 Å². The van der Waals surface area contributed by atoms with Crippen molar-refractivity contribution in [1.82, 2.24) is 21.0 Å². The number of amides is 2. The van der Waals surface area contributed by atoms with E-state index in [9.17, 15) is 9.59 Å². The molecule has 0 radical (unpaired) electrons. The molecule has 6 heteroatoms. The molecular formula is C19H16N4O2. The van der Waals surface area contributed by atoms with E-state index in [0.29, 0.717) is 5.69 Å². The first-order chi connectivity index (χ1) is 12.2. The Morgan fingerprint density at radius 3 is 2.32 bits per heavy atom. The number of aromatic amines is 1. The van der Waals surface area contributed by atoms with E-state index in [1.807, 2.05) is 60.7 Å². The van der Waals surface area contributed by atoms with Gasteiger partial charge >= 0.3 is 0 Å². The molecule has 0 aliphatic rings. The number of benzene rings is 2. The highest BCUT2D eigenvalue weighted by Crippen LogP contribution is 2.16.